The number of rotatable bonds is 9. The Bertz CT molecular complexity index is 630. The summed E-state index contributed by atoms with van der Waals surface area (Å²) in [7, 11) is 0. The van der Waals surface area contributed by atoms with E-state index in [4.69, 9.17) is 9.47 Å². The number of ether oxygens (including phenoxy) is 2. The first kappa shape index (κ1) is 17.8. The molecule has 1 amide bonds. The Labute approximate surface area is 142 Å². The number of carbonyl (C=O) groups is 1. The molecule has 1 N–H and O–H groups in total. The average molecular weight is 329 g/mol. The molecule has 0 heterocycles. The predicted octanol–water partition coefficient (Wildman–Crippen LogP) is 2.49. The molecule has 0 spiro atoms. The molecule has 0 saturated heterocycles. The van der Waals surface area contributed by atoms with E-state index in [0.717, 1.165) is 5.56 Å². The first-order chi connectivity index (χ1) is 11.7. The van der Waals surface area contributed by atoms with Gasteiger partial charge in [0.05, 0.1) is 13.2 Å². The van der Waals surface area contributed by atoms with Gasteiger partial charge in [0.25, 0.3) is 5.91 Å². The Kier molecular flexibility index (Phi) is 7.11. The van der Waals surface area contributed by atoms with Crippen molar-refractivity contribution in [3.63, 3.8) is 0 Å². The van der Waals surface area contributed by atoms with Crippen LogP contribution in [0, 0.1) is 0 Å². The van der Waals surface area contributed by atoms with Crippen LogP contribution in [0.5, 0.6) is 11.5 Å². The topological polar surface area (TPSA) is 59.0 Å². The molecule has 0 saturated carbocycles. The Hall–Kier alpha value is -2.53. The lowest BCUT2D eigenvalue weighted by Gasteiger charge is -2.22. The number of para-hydroxylation sites is 2. The molecule has 2 aromatic rings. The van der Waals surface area contributed by atoms with Gasteiger partial charge in [-0.1, -0.05) is 42.5 Å². The van der Waals surface area contributed by atoms with Crippen molar-refractivity contribution < 1.29 is 19.4 Å². The molecular formula is C19H23NO4. The van der Waals surface area contributed by atoms with Crippen LogP contribution in [-0.2, 0) is 11.3 Å². The zero-order valence-corrected chi connectivity index (χ0v) is 13.9. The number of amides is 1. The van der Waals surface area contributed by atoms with E-state index in [9.17, 15) is 9.90 Å². The maximum Gasteiger partial charge on any atom is 0.260 e. The second-order valence-corrected chi connectivity index (χ2v) is 5.19. The summed E-state index contributed by atoms with van der Waals surface area (Å²) in [4.78, 5) is 14.0. The van der Waals surface area contributed by atoms with Crippen LogP contribution in [0.4, 0.5) is 0 Å². The van der Waals surface area contributed by atoms with Crippen LogP contribution < -0.4 is 9.47 Å². The first-order valence-electron chi connectivity index (χ1n) is 8.01. The number of hydrogen-bond donors (Lipinski definition) is 1. The highest BCUT2D eigenvalue weighted by molar-refractivity contribution is 5.77. The third kappa shape index (κ3) is 5.28. The van der Waals surface area contributed by atoms with E-state index in [1.165, 1.54) is 0 Å². The van der Waals surface area contributed by atoms with Crippen LogP contribution in [0.15, 0.2) is 54.6 Å². The molecule has 2 rings (SSSR count). The van der Waals surface area contributed by atoms with Crippen molar-refractivity contribution >= 4 is 5.91 Å². The van der Waals surface area contributed by atoms with E-state index in [1.807, 2.05) is 49.4 Å². The van der Waals surface area contributed by atoms with Gasteiger partial charge in [-0.25, -0.2) is 0 Å². The van der Waals surface area contributed by atoms with Crippen molar-refractivity contribution in [2.24, 2.45) is 0 Å². The first-order valence-corrected chi connectivity index (χ1v) is 8.01. The van der Waals surface area contributed by atoms with Crippen LogP contribution in [0.2, 0.25) is 0 Å². The Morgan fingerprint density at radius 1 is 1.00 bits per heavy atom. The normalized spacial score (nSPS) is 10.2. The number of benzene rings is 2. The molecule has 0 atom stereocenters. The third-order valence-corrected chi connectivity index (χ3v) is 3.44. The summed E-state index contributed by atoms with van der Waals surface area (Å²) in [5.74, 6) is 0.972. The van der Waals surface area contributed by atoms with Gasteiger partial charge in [-0.05, 0) is 24.6 Å². The summed E-state index contributed by atoms with van der Waals surface area (Å²) in [6, 6.07) is 16.9. The highest BCUT2D eigenvalue weighted by Gasteiger charge is 2.15. The van der Waals surface area contributed by atoms with Gasteiger partial charge in [0.15, 0.2) is 18.1 Å². The van der Waals surface area contributed by atoms with Crippen molar-refractivity contribution in [2.45, 2.75) is 13.5 Å². The van der Waals surface area contributed by atoms with E-state index >= 15 is 0 Å². The number of nitrogens with zero attached hydrogens (tertiary/aromatic N) is 1. The minimum absolute atomic E-state index is 0.0892. The number of carbonyl (C=O) groups excluding carboxylic acids is 1. The largest absolute Gasteiger partial charge is 0.490 e. The number of hydrogen-bond acceptors (Lipinski definition) is 4. The second kappa shape index (κ2) is 9.57. The van der Waals surface area contributed by atoms with Crippen LogP contribution in [0.1, 0.15) is 12.5 Å². The molecule has 5 nitrogen and oxygen atoms in total. The summed E-state index contributed by atoms with van der Waals surface area (Å²) in [5.41, 5.74) is 1.01. The summed E-state index contributed by atoms with van der Waals surface area (Å²) in [6.45, 7) is 2.94. The SMILES string of the molecule is CCOc1ccccc1OCC(=O)N(CCO)Cc1ccccc1. The van der Waals surface area contributed by atoms with Gasteiger partial charge < -0.3 is 19.5 Å². The van der Waals surface area contributed by atoms with Crippen LogP contribution in [0.25, 0.3) is 0 Å². The van der Waals surface area contributed by atoms with E-state index in [2.05, 4.69) is 0 Å². The van der Waals surface area contributed by atoms with E-state index in [1.54, 1.807) is 17.0 Å². The molecule has 0 unspecified atom stereocenters. The second-order valence-electron chi connectivity index (χ2n) is 5.19. The fourth-order valence-corrected chi connectivity index (χ4v) is 2.29. The summed E-state index contributed by atoms with van der Waals surface area (Å²) < 4.78 is 11.1. The molecule has 0 radical (unpaired) electrons. The third-order valence-electron chi connectivity index (χ3n) is 3.44. The van der Waals surface area contributed by atoms with Crippen LogP contribution in [0.3, 0.4) is 0 Å². The fourth-order valence-electron chi connectivity index (χ4n) is 2.29. The van der Waals surface area contributed by atoms with Crippen LogP contribution in [-0.4, -0.2) is 42.3 Å². The molecule has 0 aliphatic heterocycles. The summed E-state index contributed by atoms with van der Waals surface area (Å²) in [5, 5.41) is 9.21. The highest BCUT2D eigenvalue weighted by Crippen LogP contribution is 2.26. The maximum atomic E-state index is 12.4. The van der Waals surface area contributed by atoms with E-state index in [0.29, 0.717) is 24.7 Å². The van der Waals surface area contributed by atoms with Crippen molar-refractivity contribution in [3.05, 3.63) is 60.2 Å². The lowest BCUT2D eigenvalue weighted by molar-refractivity contribution is -0.134. The average Bonchev–Trinajstić information content (AvgIpc) is 2.61. The van der Waals surface area contributed by atoms with Gasteiger partial charge in [0.1, 0.15) is 0 Å². The Balaban J connectivity index is 1.98. The van der Waals surface area contributed by atoms with Gasteiger partial charge in [-0.2, -0.15) is 0 Å². The zero-order chi connectivity index (χ0) is 17.2. The van der Waals surface area contributed by atoms with Crippen LogP contribution >= 0.6 is 0 Å². The lowest BCUT2D eigenvalue weighted by atomic mass is 10.2. The molecule has 0 fully saturated rings. The molecule has 0 aliphatic rings. The van der Waals surface area contributed by atoms with Gasteiger partial charge in [-0.3, -0.25) is 4.79 Å². The summed E-state index contributed by atoms with van der Waals surface area (Å²) in [6.07, 6.45) is 0. The highest BCUT2D eigenvalue weighted by atomic mass is 16.5. The Morgan fingerprint density at radius 3 is 2.25 bits per heavy atom. The zero-order valence-electron chi connectivity index (χ0n) is 13.9. The molecule has 5 heteroatoms. The quantitative estimate of drug-likeness (QED) is 0.768. The van der Waals surface area contributed by atoms with Crippen molar-refractivity contribution in [1.82, 2.24) is 4.90 Å². The molecule has 128 valence electrons. The molecule has 2 aromatic carbocycles. The molecular weight excluding hydrogens is 306 g/mol. The standard InChI is InChI=1S/C19H23NO4/c1-2-23-17-10-6-7-11-18(17)24-15-19(22)20(12-13-21)14-16-8-4-3-5-9-16/h3-11,21H,2,12-15H2,1H3. The van der Waals surface area contributed by atoms with E-state index < -0.39 is 0 Å². The van der Waals surface area contributed by atoms with E-state index in [-0.39, 0.29) is 25.7 Å². The predicted molar refractivity (Wildman–Crippen MR) is 92.1 cm³/mol. The van der Waals surface area contributed by atoms with Crippen molar-refractivity contribution in [1.29, 1.82) is 0 Å². The minimum atomic E-state index is -0.181. The molecule has 0 bridgehead atoms. The fraction of sp³-hybridized carbons (Fsp3) is 0.316. The molecule has 0 aliphatic carbocycles. The van der Waals surface area contributed by atoms with Gasteiger partial charge >= 0.3 is 0 Å². The van der Waals surface area contributed by atoms with Crippen molar-refractivity contribution in [2.75, 3.05) is 26.4 Å². The van der Waals surface area contributed by atoms with Gasteiger partial charge in [0, 0.05) is 13.1 Å². The minimum Gasteiger partial charge on any atom is -0.490 e. The molecule has 24 heavy (non-hydrogen) atoms. The molecule has 0 aromatic heterocycles. The Morgan fingerprint density at radius 2 is 1.62 bits per heavy atom. The van der Waals surface area contributed by atoms with Crippen molar-refractivity contribution in [3.8, 4) is 11.5 Å². The smallest absolute Gasteiger partial charge is 0.260 e. The summed E-state index contributed by atoms with van der Waals surface area (Å²) >= 11 is 0. The van der Waals surface area contributed by atoms with Gasteiger partial charge in [-0.15, -0.1) is 0 Å². The number of aliphatic hydroxyl groups excluding tert-OH is 1. The van der Waals surface area contributed by atoms with Gasteiger partial charge in [0.2, 0.25) is 0 Å². The maximum absolute atomic E-state index is 12.4. The number of aliphatic hydroxyl groups is 1. The lowest BCUT2D eigenvalue weighted by Crippen LogP contribution is -2.36. The monoisotopic (exact) mass is 329 g/mol.